The zero-order valence-corrected chi connectivity index (χ0v) is 8.69. The molecule has 0 aliphatic rings. The first-order valence-corrected chi connectivity index (χ1v) is 5.84. The van der Waals surface area contributed by atoms with Crippen molar-refractivity contribution in [2.45, 2.75) is 6.92 Å². The van der Waals surface area contributed by atoms with Crippen LogP contribution in [-0.2, 0) is 9.53 Å². The molecule has 0 spiro atoms. The molecule has 0 amide bonds. The van der Waals surface area contributed by atoms with Gasteiger partial charge in [0.1, 0.15) is 0 Å². The van der Waals surface area contributed by atoms with Crippen LogP contribution in [0.1, 0.15) is 6.92 Å². The van der Waals surface area contributed by atoms with Crippen molar-refractivity contribution in [3.63, 3.8) is 0 Å². The highest BCUT2D eigenvalue weighted by Crippen LogP contribution is 2.13. The van der Waals surface area contributed by atoms with E-state index in [1.807, 2.05) is 24.4 Å². The molecule has 2 nitrogen and oxygen atoms in total. The van der Waals surface area contributed by atoms with Crippen molar-refractivity contribution in [1.82, 2.24) is 0 Å². The van der Waals surface area contributed by atoms with Gasteiger partial charge in [-0.25, -0.2) is 0 Å². The van der Waals surface area contributed by atoms with Gasteiger partial charge >= 0.3 is 5.97 Å². The zero-order chi connectivity index (χ0) is 8.81. The minimum atomic E-state index is -0.0933. The van der Waals surface area contributed by atoms with Crippen molar-refractivity contribution in [3.8, 4) is 0 Å². The Balaban J connectivity index is 2.22. The van der Waals surface area contributed by atoms with Gasteiger partial charge in [0.15, 0.2) is 0 Å². The molecule has 0 saturated carbocycles. The molecule has 0 saturated heterocycles. The van der Waals surface area contributed by atoms with E-state index < -0.39 is 0 Å². The van der Waals surface area contributed by atoms with Crippen molar-refractivity contribution in [2.75, 3.05) is 12.8 Å². The van der Waals surface area contributed by atoms with E-state index in [-0.39, 0.29) is 5.97 Å². The fourth-order valence-electron chi connectivity index (χ4n) is 0.750. The number of thiophene rings is 1. The van der Waals surface area contributed by atoms with Gasteiger partial charge in [0, 0.05) is 4.62 Å². The maximum atomic E-state index is 10.9. The summed E-state index contributed by atoms with van der Waals surface area (Å²) in [4.78, 5) is 10.9. The Hall–Kier alpha value is -0.400. The lowest BCUT2D eigenvalue weighted by molar-refractivity contribution is -0.139. The number of carbonyl (C=O) groups is 1. The molecular weight excluding hydrogens is 191 g/mol. The minimum absolute atomic E-state index is 0.0933. The smallest absolute Gasteiger partial charge is 0.310 e. The van der Waals surface area contributed by atoms with Gasteiger partial charge in [0.05, 0.1) is 12.8 Å². The van der Waals surface area contributed by atoms with E-state index in [1.54, 1.807) is 11.3 Å². The van der Waals surface area contributed by atoms with Crippen LogP contribution < -0.4 is 4.62 Å². The van der Waals surface area contributed by atoms with Crippen LogP contribution in [-0.4, -0.2) is 18.7 Å². The molecule has 0 N–H and O–H groups in total. The van der Waals surface area contributed by atoms with Crippen LogP contribution in [0.15, 0.2) is 17.5 Å². The highest BCUT2D eigenvalue weighted by Gasteiger charge is 2.01. The lowest BCUT2D eigenvalue weighted by Crippen LogP contribution is -2.07. The first-order chi connectivity index (χ1) is 5.83. The molecule has 1 aromatic rings. The Morgan fingerprint density at radius 3 is 3.17 bits per heavy atom. The summed E-state index contributed by atoms with van der Waals surface area (Å²) >= 11 is 1.69. The molecule has 0 aliphatic heterocycles. The van der Waals surface area contributed by atoms with Gasteiger partial charge in [-0.15, -0.1) is 11.3 Å². The Labute approximate surface area is 77.7 Å². The molecule has 0 aromatic carbocycles. The van der Waals surface area contributed by atoms with Gasteiger partial charge in [-0.2, -0.15) is 0 Å². The molecule has 0 radical (unpaired) electrons. The third-order valence-corrected chi connectivity index (χ3v) is 3.68. The van der Waals surface area contributed by atoms with Gasteiger partial charge in [0.25, 0.3) is 0 Å². The second-order valence-corrected chi connectivity index (χ2v) is 4.69. The van der Waals surface area contributed by atoms with E-state index in [2.05, 4.69) is 0 Å². The van der Waals surface area contributed by atoms with E-state index >= 15 is 0 Å². The molecule has 66 valence electrons. The van der Waals surface area contributed by atoms with Crippen LogP contribution in [0.25, 0.3) is 0 Å². The van der Waals surface area contributed by atoms with Crippen molar-refractivity contribution < 1.29 is 9.53 Å². The van der Waals surface area contributed by atoms with Crippen LogP contribution in [0.5, 0.6) is 0 Å². The van der Waals surface area contributed by atoms with Gasteiger partial charge in [-0.05, 0) is 18.4 Å². The molecule has 1 rings (SSSR count). The monoisotopic (exact) mass is 202 g/mol. The standard InChI is InChI=1S/C8H11O2PS/c1-2-10-7(9)6-11-8-4-3-5-12-8/h3-5,11H,2,6H2,1H3. The largest absolute Gasteiger partial charge is 0.466 e. The summed E-state index contributed by atoms with van der Waals surface area (Å²) in [7, 11) is 0.563. The minimum Gasteiger partial charge on any atom is -0.466 e. The third-order valence-electron chi connectivity index (χ3n) is 1.23. The molecule has 4 heteroatoms. The van der Waals surface area contributed by atoms with E-state index in [0.29, 0.717) is 21.3 Å². The van der Waals surface area contributed by atoms with Crippen molar-refractivity contribution >= 4 is 30.5 Å². The summed E-state index contributed by atoms with van der Waals surface area (Å²) in [6.07, 6.45) is 0.522. The molecule has 12 heavy (non-hydrogen) atoms. The first-order valence-electron chi connectivity index (χ1n) is 3.76. The van der Waals surface area contributed by atoms with E-state index in [0.717, 1.165) is 0 Å². The van der Waals surface area contributed by atoms with E-state index in [9.17, 15) is 4.79 Å². The second-order valence-electron chi connectivity index (χ2n) is 2.14. The lowest BCUT2D eigenvalue weighted by atomic mass is 10.7. The predicted octanol–water partition coefficient (Wildman–Crippen LogP) is 1.61. The second kappa shape index (κ2) is 5.28. The third kappa shape index (κ3) is 3.33. The number of carbonyl (C=O) groups excluding carboxylic acids is 1. The van der Waals surface area contributed by atoms with Crippen molar-refractivity contribution in [2.24, 2.45) is 0 Å². The van der Waals surface area contributed by atoms with Gasteiger partial charge < -0.3 is 4.74 Å². The average Bonchev–Trinajstić information content (AvgIpc) is 2.53. The Kier molecular flexibility index (Phi) is 4.26. The summed E-state index contributed by atoms with van der Waals surface area (Å²) in [6.45, 7) is 2.31. The van der Waals surface area contributed by atoms with E-state index in [4.69, 9.17) is 4.74 Å². The SMILES string of the molecule is CCOC(=O)CPc1cccs1. The number of ether oxygens (including phenoxy) is 1. The number of esters is 1. The molecule has 1 heterocycles. The fraction of sp³-hybridized carbons (Fsp3) is 0.375. The molecule has 1 atom stereocenters. The highest BCUT2D eigenvalue weighted by molar-refractivity contribution is 7.57. The highest BCUT2D eigenvalue weighted by atomic mass is 32.1. The first kappa shape index (κ1) is 9.69. The van der Waals surface area contributed by atoms with Gasteiger partial charge in [-0.1, -0.05) is 14.6 Å². The molecule has 1 unspecified atom stereocenters. The number of hydrogen-bond donors (Lipinski definition) is 0. The number of hydrogen-bond acceptors (Lipinski definition) is 3. The molecule has 1 aromatic heterocycles. The molecule has 0 bridgehead atoms. The maximum Gasteiger partial charge on any atom is 0.310 e. The maximum absolute atomic E-state index is 10.9. The topological polar surface area (TPSA) is 26.3 Å². The summed E-state index contributed by atoms with van der Waals surface area (Å²) in [5.41, 5.74) is 0. The van der Waals surface area contributed by atoms with Crippen LogP contribution in [0, 0.1) is 0 Å². The normalized spacial score (nSPS) is 10.8. The van der Waals surface area contributed by atoms with Crippen LogP contribution in [0.4, 0.5) is 0 Å². The van der Waals surface area contributed by atoms with Crippen LogP contribution in [0.2, 0.25) is 0 Å². The summed E-state index contributed by atoms with van der Waals surface area (Å²) in [5, 5.41) is 2.02. The zero-order valence-electron chi connectivity index (χ0n) is 6.87. The number of rotatable bonds is 4. The lowest BCUT2D eigenvalue weighted by Gasteiger charge is -1.99. The Morgan fingerprint density at radius 1 is 1.75 bits per heavy atom. The average molecular weight is 202 g/mol. The van der Waals surface area contributed by atoms with Gasteiger partial charge in [0.2, 0.25) is 0 Å². The summed E-state index contributed by atoms with van der Waals surface area (Å²) in [5.74, 6) is -0.0933. The van der Waals surface area contributed by atoms with Crippen LogP contribution >= 0.6 is 19.9 Å². The molecular formula is C8H11O2PS. The Bertz CT molecular complexity index is 233. The fourth-order valence-corrected chi connectivity index (χ4v) is 2.60. The molecule has 0 aliphatic carbocycles. The van der Waals surface area contributed by atoms with Crippen molar-refractivity contribution in [1.29, 1.82) is 0 Å². The van der Waals surface area contributed by atoms with Gasteiger partial charge in [-0.3, -0.25) is 4.79 Å². The molecule has 0 fully saturated rings. The van der Waals surface area contributed by atoms with Crippen molar-refractivity contribution in [3.05, 3.63) is 17.5 Å². The van der Waals surface area contributed by atoms with Crippen LogP contribution in [0.3, 0.4) is 0 Å². The quantitative estimate of drug-likeness (QED) is 0.547. The Morgan fingerprint density at radius 2 is 2.58 bits per heavy atom. The summed E-state index contributed by atoms with van der Waals surface area (Å²) in [6, 6.07) is 4.04. The predicted molar refractivity (Wildman–Crippen MR) is 53.8 cm³/mol. The van der Waals surface area contributed by atoms with E-state index in [1.165, 1.54) is 4.62 Å². The summed E-state index contributed by atoms with van der Waals surface area (Å²) < 4.78 is 6.08.